The van der Waals surface area contributed by atoms with Crippen LogP contribution in [0.1, 0.15) is 30.8 Å². The zero-order valence-electron chi connectivity index (χ0n) is 13.1. The molecule has 2 rings (SSSR count). The summed E-state index contributed by atoms with van der Waals surface area (Å²) in [7, 11) is 3.29. The highest BCUT2D eigenvalue weighted by molar-refractivity contribution is 5.48. The number of benzene rings is 1. The monoisotopic (exact) mass is 312 g/mol. The average molecular weight is 312 g/mol. The first kappa shape index (κ1) is 16.3. The first-order chi connectivity index (χ1) is 10.3. The Morgan fingerprint density at radius 2 is 1.82 bits per heavy atom. The lowest BCUT2D eigenvalue weighted by Gasteiger charge is -2.15. The fraction of sp³-hybridized carbons (Fsp3) is 0.467. The van der Waals surface area contributed by atoms with Gasteiger partial charge in [0.15, 0.2) is 0 Å². The van der Waals surface area contributed by atoms with E-state index in [1.807, 2.05) is 26.0 Å². The van der Waals surface area contributed by atoms with Crippen LogP contribution in [0.4, 0.5) is 19.1 Å². The second kappa shape index (κ2) is 5.98. The third-order valence-corrected chi connectivity index (χ3v) is 3.40. The van der Waals surface area contributed by atoms with Crippen molar-refractivity contribution in [3.8, 4) is 5.69 Å². The predicted molar refractivity (Wildman–Crippen MR) is 79.4 cm³/mol. The molecule has 0 aliphatic rings. The van der Waals surface area contributed by atoms with Gasteiger partial charge in [-0.3, -0.25) is 0 Å². The fourth-order valence-electron chi connectivity index (χ4n) is 2.22. The van der Waals surface area contributed by atoms with E-state index in [0.717, 1.165) is 17.5 Å². The van der Waals surface area contributed by atoms with Gasteiger partial charge in [0.05, 0.1) is 5.69 Å². The van der Waals surface area contributed by atoms with E-state index in [4.69, 9.17) is 0 Å². The Morgan fingerprint density at radius 1 is 1.14 bits per heavy atom. The summed E-state index contributed by atoms with van der Waals surface area (Å²) in [5, 5.41) is 3.68. The summed E-state index contributed by atoms with van der Waals surface area (Å²) in [4.78, 5) is 5.15. The molecule has 0 amide bonds. The Hall–Kier alpha value is -2.05. The van der Waals surface area contributed by atoms with E-state index in [9.17, 15) is 13.2 Å². The zero-order chi connectivity index (χ0) is 16.5. The fourth-order valence-corrected chi connectivity index (χ4v) is 2.22. The van der Waals surface area contributed by atoms with Crippen LogP contribution < -0.4 is 4.90 Å². The average Bonchev–Trinajstić information content (AvgIpc) is 2.91. The van der Waals surface area contributed by atoms with Gasteiger partial charge in [0.25, 0.3) is 5.82 Å². The molecule has 7 heteroatoms. The summed E-state index contributed by atoms with van der Waals surface area (Å²) >= 11 is 0. The number of aryl methyl sites for hydroxylation is 2. The highest BCUT2D eigenvalue weighted by Crippen LogP contribution is 2.30. The molecule has 1 heterocycles. The van der Waals surface area contributed by atoms with Crippen molar-refractivity contribution in [3.63, 3.8) is 0 Å². The summed E-state index contributed by atoms with van der Waals surface area (Å²) < 4.78 is 40.0. The van der Waals surface area contributed by atoms with Gasteiger partial charge >= 0.3 is 6.18 Å². The number of anilines is 1. The molecular formula is C15H19F3N4. The van der Waals surface area contributed by atoms with Gasteiger partial charge in [-0.2, -0.15) is 22.8 Å². The quantitative estimate of drug-likeness (QED) is 0.867. The van der Waals surface area contributed by atoms with Crippen molar-refractivity contribution in [2.45, 2.75) is 32.9 Å². The first-order valence-corrected chi connectivity index (χ1v) is 7.11. The van der Waals surface area contributed by atoms with Crippen molar-refractivity contribution < 1.29 is 13.2 Å². The van der Waals surface area contributed by atoms with Crippen molar-refractivity contribution >= 4 is 5.95 Å². The zero-order valence-corrected chi connectivity index (χ0v) is 13.1. The van der Waals surface area contributed by atoms with E-state index in [2.05, 4.69) is 10.1 Å². The van der Waals surface area contributed by atoms with Crippen LogP contribution in [0.2, 0.25) is 0 Å². The molecule has 0 N–H and O–H groups in total. The minimum Gasteiger partial charge on any atom is -0.347 e. The number of nitrogens with zero attached hydrogens (tertiary/aromatic N) is 4. The van der Waals surface area contributed by atoms with Crippen LogP contribution in [0.3, 0.4) is 0 Å². The maximum absolute atomic E-state index is 12.9. The Bertz CT molecular complexity index is 659. The van der Waals surface area contributed by atoms with Crippen LogP contribution in [-0.2, 0) is 19.0 Å². The summed E-state index contributed by atoms with van der Waals surface area (Å²) in [6.07, 6.45) is -2.98. The first-order valence-electron chi connectivity index (χ1n) is 7.11. The summed E-state index contributed by atoms with van der Waals surface area (Å²) in [6.45, 7) is 4.01. The normalized spacial score (nSPS) is 11.8. The lowest BCUT2D eigenvalue weighted by atomic mass is 10.0. The van der Waals surface area contributed by atoms with Crippen molar-refractivity contribution in [2.75, 3.05) is 19.0 Å². The Balaban J connectivity index is 2.63. The molecular weight excluding hydrogens is 293 g/mol. The molecule has 2 aromatic rings. The summed E-state index contributed by atoms with van der Waals surface area (Å²) in [5.41, 5.74) is 2.72. The van der Waals surface area contributed by atoms with E-state index in [1.54, 1.807) is 20.2 Å². The number of halogens is 3. The van der Waals surface area contributed by atoms with Crippen LogP contribution in [0.5, 0.6) is 0 Å². The number of alkyl halides is 3. The molecule has 0 aliphatic heterocycles. The minimum absolute atomic E-state index is 0.159. The standard InChI is InChI=1S/C15H19F3N4/c1-5-10-7-8-12(11(6-2)9-10)22-14(21(3)4)19-13(20-22)15(16,17)18/h7-9H,5-6H2,1-4H3. The maximum atomic E-state index is 12.9. The smallest absolute Gasteiger partial charge is 0.347 e. The molecule has 0 atom stereocenters. The highest BCUT2D eigenvalue weighted by Gasteiger charge is 2.37. The van der Waals surface area contributed by atoms with Gasteiger partial charge in [-0.05, 0) is 30.0 Å². The van der Waals surface area contributed by atoms with Crippen molar-refractivity contribution in [3.05, 3.63) is 35.2 Å². The Labute approximate surface area is 127 Å². The van der Waals surface area contributed by atoms with Crippen molar-refractivity contribution in [2.24, 2.45) is 0 Å². The van der Waals surface area contributed by atoms with Gasteiger partial charge in [-0.25, -0.2) is 0 Å². The second-order valence-electron chi connectivity index (χ2n) is 5.21. The number of rotatable bonds is 4. The second-order valence-corrected chi connectivity index (χ2v) is 5.21. The minimum atomic E-state index is -4.56. The third kappa shape index (κ3) is 3.08. The number of hydrogen-bond acceptors (Lipinski definition) is 3. The van der Waals surface area contributed by atoms with Gasteiger partial charge in [0, 0.05) is 14.1 Å². The van der Waals surface area contributed by atoms with E-state index in [0.29, 0.717) is 12.1 Å². The van der Waals surface area contributed by atoms with Crippen LogP contribution in [0.25, 0.3) is 5.69 Å². The molecule has 0 bridgehead atoms. The van der Waals surface area contributed by atoms with Gasteiger partial charge in [-0.1, -0.05) is 26.0 Å². The molecule has 0 spiro atoms. The van der Waals surface area contributed by atoms with Gasteiger partial charge in [0.1, 0.15) is 0 Å². The van der Waals surface area contributed by atoms with Crippen molar-refractivity contribution in [1.82, 2.24) is 14.8 Å². The lowest BCUT2D eigenvalue weighted by molar-refractivity contribution is -0.144. The van der Waals surface area contributed by atoms with Crippen LogP contribution in [0, 0.1) is 0 Å². The van der Waals surface area contributed by atoms with E-state index in [1.165, 1.54) is 9.58 Å². The van der Waals surface area contributed by atoms with Crippen LogP contribution in [-0.4, -0.2) is 28.9 Å². The van der Waals surface area contributed by atoms with Crippen molar-refractivity contribution in [1.29, 1.82) is 0 Å². The van der Waals surface area contributed by atoms with Gasteiger partial charge in [0.2, 0.25) is 5.95 Å². The molecule has 0 unspecified atom stereocenters. The number of aromatic nitrogens is 3. The SMILES string of the molecule is CCc1ccc(-n2nc(C(F)(F)F)nc2N(C)C)c(CC)c1. The van der Waals surface area contributed by atoms with Crippen LogP contribution >= 0.6 is 0 Å². The molecule has 1 aromatic carbocycles. The lowest BCUT2D eigenvalue weighted by Crippen LogP contribution is -2.16. The molecule has 0 saturated heterocycles. The maximum Gasteiger partial charge on any atom is 0.453 e. The topological polar surface area (TPSA) is 34.0 Å². The Kier molecular flexibility index (Phi) is 4.44. The molecule has 0 fully saturated rings. The molecule has 120 valence electrons. The Morgan fingerprint density at radius 3 is 2.32 bits per heavy atom. The molecule has 0 saturated carbocycles. The molecule has 22 heavy (non-hydrogen) atoms. The van der Waals surface area contributed by atoms with E-state index < -0.39 is 12.0 Å². The predicted octanol–water partition coefficient (Wildman–Crippen LogP) is 3.48. The third-order valence-electron chi connectivity index (χ3n) is 3.40. The molecule has 0 radical (unpaired) electrons. The van der Waals surface area contributed by atoms with Gasteiger partial charge in [-0.15, -0.1) is 5.10 Å². The summed E-state index contributed by atoms with van der Waals surface area (Å²) in [5.74, 6) is -0.968. The van der Waals surface area contributed by atoms with Crippen LogP contribution in [0.15, 0.2) is 18.2 Å². The van der Waals surface area contributed by atoms with E-state index in [-0.39, 0.29) is 5.95 Å². The van der Waals surface area contributed by atoms with Gasteiger partial charge < -0.3 is 4.90 Å². The largest absolute Gasteiger partial charge is 0.453 e. The summed E-state index contributed by atoms with van der Waals surface area (Å²) in [6, 6.07) is 5.71. The highest BCUT2D eigenvalue weighted by atomic mass is 19.4. The van der Waals surface area contributed by atoms with E-state index >= 15 is 0 Å². The number of hydrogen-bond donors (Lipinski definition) is 0. The molecule has 1 aromatic heterocycles. The molecule has 4 nitrogen and oxygen atoms in total. The molecule has 0 aliphatic carbocycles.